The molecular formula is C15H11BrFNO2. The molecule has 20 heavy (non-hydrogen) atoms. The molecule has 0 spiro atoms. The number of halogens is 2. The molecule has 2 aromatic rings. The van der Waals surface area contributed by atoms with Crippen LogP contribution in [-0.2, 0) is 0 Å². The number of ketones is 1. The van der Waals surface area contributed by atoms with E-state index in [4.69, 9.17) is 0 Å². The van der Waals surface area contributed by atoms with E-state index < -0.39 is 11.7 Å². The molecule has 0 aliphatic heterocycles. The van der Waals surface area contributed by atoms with Crippen molar-refractivity contribution in [3.8, 4) is 0 Å². The maximum absolute atomic E-state index is 12.9. The average Bonchev–Trinajstić information content (AvgIpc) is 2.45. The minimum Gasteiger partial charge on any atom is -0.345 e. The summed E-state index contributed by atoms with van der Waals surface area (Å²) in [6.07, 6.45) is 0. The Morgan fingerprint density at radius 1 is 1.10 bits per heavy atom. The number of hydrogen-bond acceptors (Lipinski definition) is 2. The monoisotopic (exact) mass is 335 g/mol. The topological polar surface area (TPSA) is 46.2 Å². The van der Waals surface area contributed by atoms with Crippen molar-refractivity contribution in [3.63, 3.8) is 0 Å². The van der Waals surface area contributed by atoms with Gasteiger partial charge in [-0.1, -0.05) is 30.3 Å². The van der Waals surface area contributed by atoms with Crippen molar-refractivity contribution in [2.45, 2.75) is 0 Å². The summed E-state index contributed by atoms with van der Waals surface area (Å²) in [5, 5.41) is 2.52. The first-order valence-electron chi connectivity index (χ1n) is 5.89. The van der Waals surface area contributed by atoms with Crippen LogP contribution in [0, 0.1) is 5.82 Å². The van der Waals surface area contributed by atoms with Crippen LogP contribution < -0.4 is 5.32 Å². The molecule has 2 aromatic carbocycles. The Labute approximate surface area is 123 Å². The van der Waals surface area contributed by atoms with Crippen LogP contribution in [0.1, 0.15) is 20.7 Å². The van der Waals surface area contributed by atoms with Gasteiger partial charge in [0.15, 0.2) is 5.78 Å². The number of carbonyl (C=O) groups is 2. The lowest BCUT2D eigenvalue weighted by Crippen LogP contribution is -2.29. The van der Waals surface area contributed by atoms with Crippen LogP contribution in [0.15, 0.2) is 53.0 Å². The van der Waals surface area contributed by atoms with Gasteiger partial charge in [-0.15, -0.1) is 0 Å². The molecule has 2 rings (SSSR count). The summed E-state index contributed by atoms with van der Waals surface area (Å²) in [4.78, 5) is 23.7. The van der Waals surface area contributed by atoms with Gasteiger partial charge in [0, 0.05) is 10.0 Å². The molecule has 102 valence electrons. The Balaban J connectivity index is 2.00. The maximum atomic E-state index is 12.9. The lowest BCUT2D eigenvalue weighted by Gasteiger charge is -2.06. The second-order valence-corrected chi connectivity index (χ2v) is 4.95. The molecule has 0 unspecified atom stereocenters. The molecule has 1 amide bonds. The van der Waals surface area contributed by atoms with Crippen LogP contribution in [0.3, 0.4) is 0 Å². The first kappa shape index (κ1) is 14.4. The van der Waals surface area contributed by atoms with E-state index in [9.17, 15) is 14.0 Å². The highest BCUT2D eigenvalue weighted by Crippen LogP contribution is 2.17. The van der Waals surface area contributed by atoms with Gasteiger partial charge in [-0.25, -0.2) is 4.39 Å². The quantitative estimate of drug-likeness (QED) is 0.872. The van der Waals surface area contributed by atoms with Gasteiger partial charge in [-0.05, 0) is 34.1 Å². The highest BCUT2D eigenvalue weighted by Gasteiger charge is 2.12. The van der Waals surface area contributed by atoms with Crippen LogP contribution in [0.4, 0.5) is 4.39 Å². The first-order chi connectivity index (χ1) is 9.58. The third-order valence-electron chi connectivity index (χ3n) is 2.68. The fourth-order valence-electron chi connectivity index (χ4n) is 1.66. The van der Waals surface area contributed by atoms with E-state index in [1.165, 1.54) is 18.2 Å². The minimum absolute atomic E-state index is 0.105. The number of amides is 1. The minimum atomic E-state index is -0.436. The number of rotatable bonds is 4. The van der Waals surface area contributed by atoms with Gasteiger partial charge in [-0.3, -0.25) is 9.59 Å². The molecule has 0 atom stereocenters. The third kappa shape index (κ3) is 3.51. The van der Waals surface area contributed by atoms with Crippen molar-refractivity contribution in [1.29, 1.82) is 0 Å². The zero-order valence-electron chi connectivity index (χ0n) is 10.4. The molecule has 3 nitrogen and oxygen atoms in total. The highest BCUT2D eigenvalue weighted by molar-refractivity contribution is 9.10. The number of Topliss-reactive ketones (excluding diaryl/α,β-unsaturated/α-hetero) is 1. The molecule has 0 fully saturated rings. The first-order valence-corrected chi connectivity index (χ1v) is 6.69. The molecule has 0 bridgehead atoms. The summed E-state index contributed by atoms with van der Waals surface area (Å²) in [7, 11) is 0. The number of nitrogens with one attached hydrogen (secondary N) is 1. The van der Waals surface area contributed by atoms with Crippen LogP contribution in [0.25, 0.3) is 0 Å². The van der Waals surface area contributed by atoms with E-state index in [0.29, 0.717) is 10.0 Å². The predicted octanol–water partition coefficient (Wildman–Crippen LogP) is 3.20. The van der Waals surface area contributed by atoms with Crippen molar-refractivity contribution < 1.29 is 14.0 Å². The molecule has 5 heteroatoms. The van der Waals surface area contributed by atoms with Crippen molar-refractivity contribution in [2.75, 3.05) is 6.54 Å². The van der Waals surface area contributed by atoms with E-state index in [1.807, 2.05) is 6.07 Å². The standard InChI is InChI=1S/C15H11BrFNO2/c16-13-8-11(17)6-7-12(13)15(20)18-9-14(19)10-4-2-1-3-5-10/h1-8H,9H2,(H,18,20). The summed E-state index contributed by atoms with van der Waals surface area (Å²) in [6.45, 7) is -0.105. The van der Waals surface area contributed by atoms with Crippen LogP contribution >= 0.6 is 15.9 Å². The van der Waals surface area contributed by atoms with Crippen LogP contribution in [0.2, 0.25) is 0 Å². The van der Waals surface area contributed by atoms with Crippen LogP contribution in [-0.4, -0.2) is 18.2 Å². The largest absolute Gasteiger partial charge is 0.345 e. The summed E-state index contributed by atoms with van der Waals surface area (Å²) < 4.78 is 13.3. The van der Waals surface area contributed by atoms with Gasteiger partial charge in [0.05, 0.1) is 12.1 Å². The second-order valence-electron chi connectivity index (χ2n) is 4.10. The van der Waals surface area contributed by atoms with Gasteiger partial charge in [0.2, 0.25) is 0 Å². The Bertz CT molecular complexity index is 644. The van der Waals surface area contributed by atoms with Gasteiger partial charge in [0.1, 0.15) is 5.82 Å². The van der Waals surface area contributed by atoms with E-state index in [2.05, 4.69) is 21.2 Å². The Morgan fingerprint density at radius 3 is 2.45 bits per heavy atom. The van der Waals surface area contributed by atoms with Crippen LogP contribution in [0.5, 0.6) is 0 Å². The van der Waals surface area contributed by atoms with Gasteiger partial charge >= 0.3 is 0 Å². The smallest absolute Gasteiger partial charge is 0.252 e. The molecule has 0 saturated heterocycles. The average molecular weight is 336 g/mol. The van der Waals surface area contributed by atoms with Crippen molar-refractivity contribution >= 4 is 27.6 Å². The molecule has 0 saturated carbocycles. The molecule has 0 aromatic heterocycles. The molecule has 1 N–H and O–H groups in total. The summed E-state index contributed by atoms with van der Waals surface area (Å²) in [6, 6.07) is 12.4. The molecule has 0 radical (unpaired) electrons. The fourth-order valence-corrected chi connectivity index (χ4v) is 2.19. The number of hydrogen-bond donors (Lipinski definition) is 1. The number of carbonyl (C=O) groups excluding carboxylic acids is 2. The SMILES string of the molecule is O=C(CNC(=O)c1ccc(F)cc1Br)c1ccccc1. The van der Waals surface area contributed by atoms with Gasteiger partial charge in [-0.2, -0.15) is 0 Å². The summed E-state index contributed by atoms with van der Waals surface area (Å²) in [5.41, 5.74) is 0.818. The summed E-state index contributed by atoms with van der Waals surface area (Å²) in [5.74, 6) is -1.05. The number of benzene rings is 2. The Morgan fingerprint density at radius 2 is 1.80 bits per heavy atom. The van der Waals surface area contributed by atoms with Gasteiger partial charge < -0.3 is 5.32 Å². The molecule has 0 heterocycles. The van der Waals surface area contributed by atoms with Crippen molar-refractivity contribution in [2.24, 2.45) is 0 Å². The zero-order chi connectivity index (χ0) is 14.5. The zero-order valence-corrected chi connectivity index (χ0v) is 12.0. The molecule has 0 aliphatic carbocycles. The Hall–Kier alpha value is -2.01. The van der Waals surface area contributed by atoms with Gasteiger partial charge in [0.25, 0.3) is 5.91 Å². The third-order valence-corrected chi connectivity index (χ3v) is 3.34. The van der Waals surface area contributed by atoms with E-state index >= 15 is 0 Å². The lowest BCUT2D eigenvalue weighted by atomic mass is 10.1. The predicted molar refractivity (Wildman–Crippen MR) is 77.2 cm³/mol. The Kier molecular flexibility index (Phi) is 4.63. The normalized spacial score (nSPS) is 10.1. The highest BCUT2D eigenvalue weighted by atomic mass is 79.9. The lowest BCUT2D eigenvalue weighted by molar-refractivity contribution is 0.0903. The van der Waals surface area contributed by atoms with E-state index in [0.717, 1.165) is 0 Å². The second kappa shape index (κ2) is 6.43. The maximum Gasteiger partial charge on any atom is 0.252 e. The van der Waals surface area contributed by atoms with Crippen molar-refractivity contribution in [3.05, 3.63) is 69.9 Å². The molecular weight excluding hydrogens is 325 g/mol. The summed E-state index contributed by atoms with van der Waals surface area (Å²) >= 11 is 3.11. The molecule has 0 aliphatic rings. The van der Waals surface area contributed by atoms with Crippen molar-refractivity contribution in [1.82, 2.24) is 5.32 Å². The van der Waals surface area contributed by atoms with E-state index in [1.54, 1.807) is 24.3 Å². The van der Waals surface area contributed by atoms with E-state index in [-0.39, 0.29) is 17.9 Å². The fraction of sp³-hybridized carbons (Fsp3) is 0.0667.